The largest absolute Gasteiger partial charge is 0.476 e. The number of carbonyl (C=O) groups is 2. The van der Waals surface area contributed by atoms with Crippen molar-refractivity contribution < 1.29 is 128 Å². The van der Waals surface area contributed by atoms with Crippen molar-refractivity contribution in [2.75, 3.05) is 95.1 Å². The SMILES string of the molecule is CC[C@H]1O[C@@H](n2cnc3c(=O)n(CCCCOC(C)=O)cnc32)C(OC)[C@H]1OC.CC[C@H]1O[C@@H](n2cnc3c(OCCCCOC(C)=O)ncnc32)C(OC)[C@H]1OC.COC1[C@@H](OC)[C@@H](CO)O[C@H]1n1cnc2c(=O)[nH]cnc21.COP(=O)(O)CP(=O)(O)O.COP(=O)(O)CP(=O)(O)O. The van der Waals surface area contributed by atoms with Crippen LogP contribution in [0, 0.1) is 0 Å². The molecule has 3 saturated heterocycles. The molecular weight excluding hydrogens is 1400 g/mol. The van der Waals surface area contributed by atoms with Gasteiger partial charge in [0.25, 0.3) is 11.1 Å². The molecule has 3 aliphatic heterocycles. The van der Waals surface area contributed by atoms with Crippen LogP contribution in [0.15, 0.2) is 47.6 Å². The molecule has 6 aromatic heterocycles. The van der Waals surface area contributed by atoms with Crippen LogP contribution >= 0.6 is 30.4 Å². The van der Waals surface area contributed by atoms with Gasteiger partial charge in [0.15, 0.2) is 64.0 Å². The Kier molecular flexibility index (Phi) is 33.0. The number of aliphatic hydroxyl groups excluding tert-OH is 1. The number of ether oxygens (including phenoxy) is 12. The van der Waals surface area contributed by atoms with E-state index in [2.05, 4.69) is 48.9 Å². The van der Waals surface area contributed by atoms with Crippen LogP contribution in [0.5, 0.6) is 5.88 Å². The van der Waals surface area contributed by atoms with E-state index in [4.69, 9.17) is 86.2 Å². The topological polar surface area (TPSA) is 533 Å². The van der Waals surface area contributed by atoms with Gasteiger partial charge in [0.1, 0.15) is 55.4 Å². The van der Waals surface area contributed by atoms with Crippen LogP contribution in [0.4, 0.5) is 0 Å². The molecule has 0 spiro atoms. The van der Waals surface area contributed by atoms with Gasteiger partial charge in [0.05, 0.1) is 63.9 Å². The maximum absolute atomic E-state index is 12.8. The Hall–Kier alpha value is -5.81. The molecule has 5 unspecified atom stereocenters. The third-order valence-electron chi connectivity index (χ3n) is 15.0. The Bertz CT molecular complexity index is 3800. The van der Waals surface area contributed by atoms with E-state index in [9.17, 15) is 42.5 Å². The molecule has 0 bridgehead atoms. The summed E-state index contributed by atoms with van der Waals surface area (Å²) >= 11 is 0. The number of imidazole rings is 3. The lowest BCUT2D eigenvalue weighted by atomic mass is 10.1. The van der Waals surface area contributed by atoms with Crippen molar-refractivity contribution in [3.63, 3.8) is 0 Å². The number of esters is 2. The number of H-pyrrole nitrogens is 1. The molecule has 558 valence electrons. The second-order valence-electron chi connectivity index (χ2n) is 21.7. The number of carbonyl (C=O) groups excluding carboxylic acids is 2. The second-order valence-corrected chi connectivity index (χ2v) is 29.9. The van der Waals surface area contributed by atoms with Gasteiger partial charge in [-0.25, -0.2) is 29.9 Å². The van der Waals surface area contributed by atoms with Crippen molar-refractivity contribution in [1.29, 1.82) is 0 Å². The third kappa shape index (κ3) is 23.4. The lowest BCUT2D eigenvalue weighted by Gasteiger charge is -2.21. The number of aromatic amines is 1. The highest BCUT2D eigenvalue weighted by Crippen LogP contribution is 2.55. The zero-order valence-electron chi connectivity index (χ0n) is 56.4. The zero-order valence-corrected chi connectivity index (χ0v) is 60.0. The van der Waals surface area contributed by atoms with Gasteiger partial charge in [-0.3, -0.25) is 55.7 Å². The monoisotopic (exact) mass is 1490 g/mol. The molecule has 3 aliphatic rings. The minimum Gasteiger partial charge on any atom is -0.476 e. The normalized spacial score (nSPS) is 24.1. The molecule has 14 atom stereocenters. The predicted octanol–water partition coefficient (Wildman–Crippen LogP) is 2.11. The number of rotatable bonds is 29. The standard InChI is InChI=1S/2C19H28N4O6.C12H16N4O5.2C2H8O6P2/c1-5-13-15(26-3)16(27-4)19(29-13)23-11-20-14-17(23)21-10-22(18(14)25)8-6-7-9-28-12(2)24;1-5-13-15(25-3)16(26-4)19(29-13)23-11-22-14-17(23)20-10-21-18(14)28-9-7-6-8-27-12(2)24;1-19-8-6(3-17)21-12(9(8)20-2)16-5-15-7-10(16)13-4-14-11(7)18;2*1-8-10(6,7)2-9(3,4)5/h2*10-11,13,15-16,19H,5-9H2,1-4H3;4-6,8-9,12,17H,3H2,1-2H3,(H,13,14,18);2*2H2,1H3,(H,6,7)(H2,3,4,5)/t2*13-,15+,16?,19-;6-,8+,9?,12-;;/m111../s1. The summed E-state index contributed by atoms with van der Waals surface area (Å²) in [6.07, 6.45) is 9.21. The molecule has 0 aliphatic carbocycles. The third-order valence-corrected chi connectivity index (χ3v) is 22.0. The van der Waals surface area contributed by atoms with E-state index in [1.807, 2.05) is 18.4 Å². The van der Waals surface area contributed by atoms with E-state index >= 15 is 0 Å². The molecule has 45 heteroatoms. The first kappa shape index (κ1) is 83.8. The Morgan fingerprint density at radius 3 is 1.33 bits per heavy atom. The lowest BCUT2D eigenvalue weighted by molar-refractivity contribution is -0.142. The summed E-state index contributed by atoms with van der Waals surface area (Å²) in [5.74, 6) is -2.44. The van der Waals surface area contributed by atoms with Gasteiger partial charge in [0.2, 0.25) is 5.88 Å². The van der Waals surface area contributed by atoms with Gasteiger partial charge in [-0.1, -0.05) is 13.8 Å². The number of aliphatic hydroxyl groups is 1. The summed E-state index contributed by atoms with van der Waals surface area (Å²) in [7, 11) is -5.56. The zero-order chi connectivity index (χ0) is 73.6. The van der Waals surface area contributed by atoms with Crippen molar-refractivity contribution in [2.45, 2.75) is 146 Å². The van der Waals surface area contributed by atoms with E-state index in [-0.39, 0.29) is 77.3 Å². The van der Waals surface area contributed by atoms with Gasteiger partial charge in [-0.15, -0.1) is 0 Å². The highest BCUT2D eigenvalue weighted by Gasteiger charge is 2.49. The number of hydrogen-bond acceptors (Lipinski definition) is 30. The fourth-order valence-corrected chi connectivity index (χ4v) is 15.1. The van der Waals surface area contributed by atoms with E-state index in [1.165, 1.54) is 57.9 Å². The molecule has 41 nitrogen and oxygen atoms in total. The first-order valence-corrected chi connectivity index (χ1v) is 37.5. The van der Waals surface area contributed by atoms with Gasteiger partial charge in [-0.05, 0) is 38.5 Å². The summed E-state index contributed by atoms with van der Waals surface area (Å²) < 4.78 is 123. The van der Waals surface area contributed by atoms with Crippen LogP contribution in [-0.4, -0.2) is 255 Å². The number of unbranched alkanes of at least 4 members (excludes halogenated alkanes) is 2. The van der Waals surface area contributed by atoms with Gasteiger partial charge < -0.3 is 105 Å². The second kappa shape index (κ2) is 39.0. The number of methoxy groups -OCH3 is 6. The average Bonchev–Trinajstić information content (AvgIpc) is 1.63. The number of aromatic nitrogens is 12. The Morgan fingerprint density at radius 1 is 0.515 bits per heavy atom. The van der Waals surface area contributed by atoms with Crippen molar-refractivity contribution >= 4 is 75.8 Å². The van der Waals surface area contributed by atoms with Crippen LogP contribution in [0.2, 0.25) is 0 Å². The van der Waals surface area contributed by atoms with Crippen molar-refractivity contribution in [2.24, 2.45) is 0 Å². The number of fused-ring (bicyclic) bond motifs is 3. The Balaban J connectivity index is 0.000000237. The molecular formula is C54H88N12O29P4. The first-order valence-electron chi connectivity index (χ1n) is 30.3. The van der Waals surface area contributed by atoms with E-state index in [0.717, 1.165) is 33.5 Å². The molecule has 0 aromatic carbocycles. The summed E-state index contributed by atoms with van der Waals surface area (Å²) in [4.78, 5) is 128. The highest BCUT2D eigenvalue weighted by molar-refractivity contribution is 7.70. The predicted molar refractivity (Wildman–Crippen MR) is 344 cm³/mol. The number of nitrogens with zero attached hydrogens (tertiary/aromatic N) is 11. The summed E-state index contributed by atoms with van der Waals surface area (Å²) in [6.45, 7) is 8.26. The quantitative estimate of drug-likeness (QED) is 0.0189. The average molecular weight is 1490 g/mol. The van der Waals surface area contributed by atoms with Gasteiger partial charge in [0, 0.05) is 77.3 Å². The van der Waals surface area contributed by atoms with Gasteiger partial charge >= 0.3 is 42.3 Å². The number of nitrogens with one attached hydrogen (secondary N) is 1. The molecule has 3 fully saturated rings. The van der Waals surface area contributed by atoms with Crippen LogP contribution in [0.3, 0.4) is 0 Å². The maximum atomic E-state index is 12.8. The smallest absolute Gasteiger partial charge is 0.339 e. The summed E-state index contributed by atoms with van der Waals surface area (Å²) in [5, 5.41) is 9.40. The minimum atomic E-state index is -4.44. The number of hydrogen-bond donors (Lipinski definition) is 8. The minimum absolute atomic E-state index is 0.0813. The van der Waals surface area contributed by atoms with Crippen LogP contribution in [-0.2, 0) is 95.5 Å². The Morgan fingerprint density at radius 2 is 0.919 bits per heavy atom. The molecule has 99 heavy (non-hydrogen) atoms. The summed E-state index contributed by atoms with van der Waals surface area (Å²) in [6, 6.07) is 0. The molecule has 8 N–H and O–H groups in total. The molecule has 0 saturated carbocycles. The molecule has 9 rings (SSSR count). The van der Waals surface area contributed by atoms with E-state index in [0.29, 0.717) is 74.0 Å². The van der Waals surface area contributed by atoms with Crippen LogP contribution < -0.4 is 15.9 Å². The van der Waals surface area contributed by atoms with E-state index in [1.54, 1.807) is 50.2 Å². The van der Waals surface area contributed by atoms with Crippen LogP contribution in [0.25, 0.3) is 33.5 Å². The maximum Gasteiger partial charge on any atom is 0.339 e. The molecule has 0 amide bonds. The molecule has 6 aromatic rings. The Labute approximate surface area is 566 Å². The lowest BCUT2D eigenvalue weighted by Crippen LogP contribution is -2.36. The van der Waals surface area contributed by atoms with Crippen molar-refractivity contribution in [3.8, 4) is 5.88 Å². The molecule has 0 radical (unpaired) electrons. The molecule has 9 heterocycles. The van der Waals surface area contributed by atoms with Crippen molar-refractivity contribution in [3.05, 3.63) is 58.7 Å². The fourth-order valence-electron chi connectivity index (χ4n) is 10.4. The summed E-state index contributed by atoms with van der Waals surface area (Å²) in [5.41, 5.74) is 1.95. The fraction of sp³-hybridized carbons (Fsp3) is 0.685. The van der Waals surface area contributed by atoms with E-state index < -0.39 is 79.2 Å². The first-order chi connectivity index (χ1) is 46.9. The number of aryl methyl sites for hydroxylation is 1. The van der Waals surface area contributed by atoms with Gasteiger partial charge in [-0.2, -0.15) is 4.98 Å². The van der Waals surface area contributed by atoms with Crippen molar-refractivity contribution in [1.82, 2.24) is 58.1 Å². The van der Waals surface area contributed by atoms with Crippen LogP contribution in [0.1, 0.15) is 84.9 Å². The highest BCUT2D eigenvalue weighted by atomic mass is 31.2.